The number of carbonyl (C=O) groups is 2. The Bertz CT molecular complexity index is 608. The third kappa shape index (κ3) is 2.80. The number of aromatic nitrogens is 1. The second-order valence-corrected chi connectivity index (χ2v) is 5.37. The van der Waals surface area contributed by atoms with E-state index in [2.05, 4.69) is 10.3 Å². The van der Waals surface area contributed by atoms with E-state index in [0.29, 0.717) is 37.6 Å². The Hall–Kier alpha value is -2.41. The predicted molar refractivity (Wildman–Crippen MR) is 82.5 cm³/mol. The molecule has 0 saturated carbocycles. The van der Waals surface area contributed by atoms with Gasteiger partial charge < -0.3 is 15.5 Å². The van der Waals surface area contributed by atoms with Crippen LogP contribution in [0.5, 0.6) is 0 Å². The van der Waals surface area contributed by atoms with Crippen molar-refractivity contribution in [2.75, 3.05) is 37.6 Å². The molecule has 0 radical (unpaired) electrons. The molecule has 1 fully saturated rings. The summed E-state index contributed by atoms with van der Waals surface area (Å²) in [5, 5.41) is 3.13. The summed E-state index contributed by atoms with van der Waals surface area (Å²) in [6, 6.07) is 3.17. The van der Waals surface area contributed by atoms with Gasteiger partial charge in [0.05, 0.1) is 5.56 Å². The molecule has 116 valence electrons. The molecule has 1 saturated heterocycles. The highest BCUT2D eigenvalue weighted by Crippen LogP contribution is 2.19. The molecule has 0 aliphatic carbocycles. The smallest absolute Gasteiger partial charge is 0.252 e. The monoisotopic (exact) mass is 301 g/mol. The zero-order valence-electron chi connectivity index (χ0n) is 12.2. The lowest BCUT2D eigenvalue weighted by Crippen LogP contribution is -2.53. The van der Waals surface area contributed by atoms with Crippen LogP contribution in [0.3, 0.4) is 0 Å². The summed E-state index contributed by atoms with van der Waals surface area (Å²) in [5.74, 6) is 0.215. The van der Waals surface area contributed by atoms with Gasteiger partial charge in [0.1, 0.15) is 11.9 Å². The number of hydrogen-bond donors (Lipinski definition) is 2. The van der Waals surface area contributed by atoms with Crippen LogP contribution in [0, 0.1) is 0 Å². The van der Waals surface area contributed by atoms with E-state index < -0.39 is 5.91 Å². The third-order valence-corrected chi connectivity index (χ3v) is 3.99. The normalized spacial score (nSPS) is 21.2. The Balaban J connectivity index is 1.66. The zero-order chi connectivity index (χ0) is 15.5. The van der Waals surface area contributed by atoms with E-state index in [9.17, 15) is 9.59 Å². The largest absolute Gasteiger partial charge is 0.365 e. The number of hydrogen-bond acceptors (Lipinski definition) is 5. The van der Waals surface area contributed by atoms with Crippen LogP contribution in [0.1, 0.15) is 10.4 Å². The molecule has 1 aromatic rings. The van der Waals surface area contributed by atoms with Crippen molar-refractivity contribution in [3.63, 3.8) is 0 Å². The first kappa shape index (κ1) is 14.5. The van der Waals surface area contributed by atoms with E-state index in [0.717, 1.165) is 6.54 Å². The number of rotatable bonds is 3. The number of carbonyl (C=O) groups excluding carboxylic acids is 2. The summed E-state index contributed by atoms with van der Waals surface area (Å²) in [6.45, 7) is 3.24. The van der Waals surface area contributed by atoms with Crippen molar-refractivity contribution in [1.29, 1.82) is 0 Å². The van der Waals surface area contributed by atoms with Crippen LogP contribution < -0.4 is 16.0 Å². The van der Waals surface area contributed by atoms with Crippen molar-refractivity contribution >= 4 is 17.6 Å². The maximum Gasteiger partial charge on any atom is 0.252 e. The van der Waals surface area contributed by atoms with Gasteiger partial charge in [0.15, 0.2) is 0 Å². The van der Waals surface area contributed by atoms with Gasteiger partial charge in [-0.3, -0.25) is 14.9 Å². The van der Waals surface area contributed by atoms with Crippen molar-refractivity contribution in [2.24, 2.45) is 5.73 Å². The molecule has 2 amide bonds. The van der Waals surface area contributed by atoms with Gasteiger partial charge in [-0.25, -0.2) is 4.98 Å². The lowest BCUT2D eigenvalue weighted by atomic mass is 10.2. The molecule has 3 N–H and O–H groups in total. The van der Waals surface area contributed by atoms with Gasteiger partial charge >= 0.3 is 0 Å². The molecule has 1 unspecified atom stereocenters. The van der Waals surface area contributed by atoms with Crippen LogP contribution in [0.2, 0.25) is 0 Å². The summed E-state index contributed by atoms with van der Waals surface area (Å²) in [6.07, 6.45) is 5.51. The fourth-order valence-corrected chi connectivity index (χ4v) is 2.81. The van der Waals surface area contributed by atoms with Gasteiger partial charge in [0.2, 0.25) is 5.91 Å². The van der Waals surface area contributed by atoms with Crippen LogP contribution in [0.15, 0.2) is 30.5 Å². The Morgan fingerprint density at radius 3 is 2.68 bits per heavy atom. The Morgan fingerprint density at radius 2 is 2.05 bits per heavy atom. The van der Waals surface area contributed by atoms with Gasteiger partial charge in [-0.15, -0.1) is 0 Å². The highest BCUT2D eigenvalue weighted by Gasteiger charge is 2.28. The highest BCUT2D eigenvalue weighted by atomic mass is 16.2. The van der Waals surface area contributed by atoms with E-state index in [4.69, 9.17) is 5.73 Å². The molecule has 2 aliphatic rings. The molecule has 3 rings (SSSR count). The molecular formula is C15H19N5O2. The van der Waals surface area contributed by atoms with Crippen molar-refractivity contribution in [1.82, 2.24) is 15.2 Å². The first-order valence-corrected chi connectivity index (χ1v) is 7.35. The minimum Gasteiger partial charge on any atom is -0.365 e. The number of pyridine rings is 1. The summed E-state index contributed by atoms with van der Waals surface area (Å²) >= 11 is 0. The predicted octanol–water partition coefficient (Wildman–Crippen LogP) is -0.643. The Morgan fingerprint density at radius 1 is 1.27 bits per heavy atom. The quantitative estimate of drug-likeness (QED) is 0.724. The van der Waals surface area contributed by atoms with Crippen molar-refractivity contribution < 1.29 is 9.59 Å². The summed E-state index contributed by atoms with van der Waals surface area (Å²) in [4.78, 5) is 31.9. The lowest BCUT2D eigenvalue weighted by Gasteiger charge is -2.36. The maximum atomic E-state index is 12.3. The average Bonchev–Trinajstić information content (AvgIpc) is 3.09. The van der Waals surface area contributed by atoms with Gasteiger partial charge in [-0.05, 0) is 12.1 Å². The number of nitrogens with two attached hydrogens (primary N) is 1. The molecule has 22 heavy (non-hydrogen) atoms. The molecular weight excluding hydrogens is 282 g/mol. The first-order chi connectivity index (χ1) is 10.7. The van der Waals surface area contributed by atoms with Crippen LogP contribution in [-0.4, -0.2) is 60.5 Å². The van der Waals surface area contributed by atoms with E-state index in [1.807, 2.05) is 22.0 Å². The van der Waals surface area contributed by atoms with E-state index in [-0.39, 0.29) is 11.9 Å². The van der Waals surface area contributed by atoms with Gasteiger partial charge in [0.25, 0.3) is 5.91 Å². The van der Waals surface area contributed by atoms with Crippen LogP contribution >= 0.6 is 0 Å². The van der Waals surface area contributed by atoms with Crippen molar-refractivity contribution in [3.05, 3.63) is 36.0 Å². The number of primary amides is 1. The highest BCUT2D eigenvalue weighted by molar-refractivity contribution is 5.97. The summed E-state index contributed by atoms with van der Waals surface area (Å²) < 4.78 is 0. The van der Waals surface area contributed by atoms with Crippen molar-refractivity contribution in [2.45, 2.75) is 6.04 Å². The second kappa shape index (κ2) is 6.15. The standard InChI is InChI=1S/C15H19N5O2/c16-13(21)11-3-1-6-18-14(11)19-7-9-20(10-8-19)15(22)12-4-2-5-17-12/h1-4,6,12,17H,5,7-10H2,(H2,16,21). The zero-order valence-corrected chi connectivity index (χ0v) is 12.2. The van der Waals surface area contributed by atoms with Crippen molar-refractivity contribution in [3.8, 4) is 0 Å². The second-order valence-electron chi connectivity index (χ2n) is 5.37. The number of piperazine rings is 1. The van der Waals surface area contributed by atoms with Crippen LogP contribution in [0.4, 0.5) is 5.82 Å². The van der Waals surface area contributed by atoms with Crippen LogP contribution in [0.25, 0.3) is 0 Å². The summed E-state index contributed by atoms with van der Waals surface area (Å²) in [7, 11) is 0. The molecule has 1 atom stereocenters. The Labute approximate surface area is 128 Å². The van der Waals surface area contributed by atoms with Gasteiger partial charge in [-0.1, -0.05) is 12.2 Å². The molecule has 0 aromatic carbocycles. The topological polar surface area (TPSA) is 91.6 Å². The number of nitrogens with zero attached hydrogens (tertiary/aromatic N) is 3. The number of nitrogens with one attached hydrogen (secondary N) is 1. The molecule has 7 heteroatoms. The average molecular weight is 301 g/mol. The van der Waals surface area contributed by atoms with Gasteiger partial charge in [0, 0.05) is 38.9 Å². The minimum absolute atomic E-state index is 0.101. The molecule has 2 aliphatic heterocycles. The number of anilines is 1. The molecule has 3 heterocycles. The summed E-state index contributed by atoms with van der Waals surface area (Å²) in [5.41, 5.74) is 5.81. The van der Waals surface area contributed by atoms with E-state index >= 15 is 0 Å². The SMILES string of the molecule is NC(=O)c1cccnc1N1CCN(C(=O)C2C=CCN2)CC1. The fraction of sp³-hybridized carbons (Fsp3) is 0.400. The third-order valence-electron chi connectivity index (χ3n) is 3.99. The fourth-order valence-electron chi connectivity index (χ4n) is 2.81. The maximum absolute atomic E-state index is 12.3. The number of amides is 2. The van der Waals surface area contributed by atoms with E-state index in [1.165, 1.54) is 0 Å². The minimum atomic E-state index is -0.484. The molecule has 1 aromatic heterocycles. The Kier molecular flexibility index (Phi) is 4.06. The van der Waals surface area contributed by atoms with E-state index in [1.54, 1.807) is 18.3 Å². The van der Waals surface area contributed by atoms with Crippen LogP contribution in [-0.2, 0) is 4.79 Å². The lowest BCUT2D eigenvalue weighted by molar-refractivity contribution is -0.132. The molecule has 7 nitrogen and oxygen atoms in total. The van der Waals surface area contributed by atoms with Gasteiger partial charge in [-0.2, -0.15) is 0 Å². The molecule has 0 bridgehead atoms. The first-order valence-electron chi connectivity index (χ1n) is 7.35. The molecule has 0 spiro atoms.